The fourth-order valence-electron chi connectivity index (χ4n) is 1.39. The number of rotatable bonds is 6. The van der Waals surface area contributed by atoms with Crippen molar-refractivity contribution in [3.8, 4) is 5.75 Å². The van der Waals surface area contributed by atoms with Gasteiger partial charge in [-0.3, -0.25) is 4.79 Å². The summed E-state index contributed by atoms with van der Waals surface area (Å²) in [4.78, 5) is 11.6. The molecule has 0 aliphatic heterocycles. The summed E-state index contributed by atoms with van der Waals surface area (Å²) in [7, 11) is 0. The van der Waals surface area contributed by atoms with E-state index in [0.717, 1.165) is 6.07 Å². The third-order valence-corrected chi connectivity index (χ3v) is 2.51. The second kappa shape index (κ2) is 6.72. The van der Waals surface area contributed by atoms with Gasteiger partial charge >= 0.3 is 6.61 Å². The first-order valence-electron chi connectivity index (χ1n) is 4.92. The second-order valence-electron chi connectivity index (χ2n) is 3.27. The molecule has 0 N–H and O–H groups in total. The molecule has 18 heavy (non-hydrogen) atoms. The molecule has 0 saturated heterocycles. The summed E-state index contributed by atoms with van der Waals surface area (Å²) in [6.45, 7) is -3.26. The molecule has 0 saturated carbocycles. The molecule has 0 fully saturated rings. The summed E-state index contributed by atoms with van der Waals surface area (Å²) in [6.07, 6.45) is -2.98. The van der Waals surface area contributed by atoms with Gasteiger partial charge in [0.25, 0.3) is 6.43 Å². The van der Waals surface area contributed by atoms with E-state index in [0.29, 0.717) is 5.33 Å². The molecule has 1 rings (SSSR count). The summed E-state index contributed by atoms with van der Waals surface area (Å²) < 4.78 is 53.8. The summed E-state index contributed by atoms with van der Waals surface area (Å²) in [6, 6.07) is 3.35. The molecule has 0 radical (unpaired) electrons. The Bertz CT molecular complexity index is 424. The van der Waals surface area contributed by atoms with Crippen LogP contribution < -0.4 is 4.74 Å². The second-order valence-corrected chi connectivity index (χ2v) is 4.06. The topological polar surface area (TPSA) is 26.3 Å². The maximum Gasteiger partial charge on any atom is 0.387 e. The monoisotopic (exact) mass is 328 g/mol. The average molecular weight is 329 g/mol. The molecular formula is C11H9BrF4O2. The van der Waals surface area contributed by atoms with Gasteiger partial charge in [0.15, 0.2) is 5.78 Å². The van der Waals surface area contributed by atoms with Gasteiger partial charge in [0.05, 0.1) is 11.1 Å². The first-order chi connectivity index (χ1) is 8.47. The van der Waals surface area contributed by atoms with E-state index in [1.807, 2.05) is 0 Å². The van der Waals surface area contributed by atoms with Crippen molar-refractivity contribution in [3.63, 3.8) is 0 Å². The van der Waals surface area contributed by atoms with E-state index in [1.165, 1.54) is 12.1 Å². The maximum absolute atomic E-state index is 12.7. The lowest BCUT2D eigenvalue weighted by molar-refractivity contribution is -0.0522. The van der Waals surface area contributed by atoms with Gasteiger partial charge in [-0.15, -0.1) is 0 Å². The summed E-state index contributed by atoms with van der Waals surface area (Å²) >= 11 is 3.01. The fourth-order valence-corrected chi connectivity index (χ4v) is 1.75. The van der Waals surface area contributed by atoms with Crippen LogP contribution in [-0.4, -0.2) is 17.7 Å². The minimum Gasteiger partial charge on any atom is -0.434 e. The highest BCUT2D eigenvalue weighted by atomic mass is 79.9. The number of para-hydroxylation sites is 1. The molecule has 0 aromatic heterocycles. The Labute approximate surface area is 109 Å². The summed E-state index contributed by atoms with van der Waals surface area (Å²) in [5.74, 6) is -1.28. The Morgan fingerprint density at radius 2 is 1.94 bits per heavy atom. The lowest BCUT2D eigenvalue weighted by Crippen LogP contribution is -2.11. The van der Waals surface area contributed by atoms with Crippen molar-refractivity contribution >= 4 is 21.7 Å². The zero-order valence-electron chi connectivity index (χ0n) is 9.01. The van der Waals surface area contributed by atoms with E-state index in [1.54, 1.807) is 0 Å². The average Bonchev–Trinajstić information content (AvgIpc) is 2.28. The van der Waals surface area contributed by atoms with Crippen molar-refractivity contribution < 1.29 is 27.1 Å². The minimum atomic E-state index is -3.26. The van der Waals surface area contributed by atoms with Gasteiger partial charge in [-0.2, -0.15) is 8.78 Å². The van der Waals surface area contributed by atoms with Gasteiger partial charge < -0.3 is 4.74 Å². The fraction of sp³-hybridized carbons (Fsp3) is 0.364. The van der Waals surface area contributed by atoms with Crippen molar-refractivity contribution in [2.75, 3.05) is 5.33 Å². The van der Waals surface area contributed by atoms with Crippen LogP contribution in [0.2, 0.25) is 0 Å². The van der Waals surface area contributed by atoms with Crippen LogP contribution in [0.5, 0.6) is 5.75 Å². The van der Waals surface area contributed by atoms with Crippen molar-refractivity contribution in [2.45, 2.75) is 19.5 Å². The third kappa shape index (κ3) is 3.69. The Kier molecular flexibility index (Phi) is 5.58. The predicted octanol–water partition coefficient (Wildman–Crippen LogP) is 4.19. The van der Waals surface area contributed by atoms with Crippen molar-refractivity contribution in [3.05, 3.63) is 29.3 Å². The van der Waals surface area contributed by atoms with Crippen LogP contribution in [0.4, 0.5) is 17.6 Å². The molecule has 0 spiro atoms. The van der Waals surface area contributed by atoms with Gasteiger partial charge in [-0.1, -0.05) is 22.0 Å². The molecule has 0 bridgehead atoms. The number of hydrogen-bond acceptors (Lipinski definition) is 2. The molecule has 2 nitrogen and oxygen atoms in total. The first-order valence-corrected chi connectivity index (χ1v) is 6.04. The van der Waals surface area contributed by atoms with Crippen molar-refractivity contribution in [1.82, 2.24) is 0 Å². The van der Waals surface area contributed by atoms with Crippen LogP contribution >= 0.6 is 15.9 Å². The number of carbonyl (C=O) groups is 1. The van der Waals surface area contributed by atoms with Crippen LogP contribution in [0.1, 0.15) is 28.8 Å². The number of ketones is 1. The summed E-state index contributed by atoms with van der Waals surface area (Å²) in [5.41, 5.74) is -0.969. The van der Waals surface area contributed by atoms with Crippen LogP contribution in [0.3, 0.4) is 0 Å². The van der Waals surface area contributed by atoms with Gasteiger partial charge in [-0.05, 0) is 12.1 Å². The number of alkyl halides is 5. The van der Waals surface area contributed by atoms with E-state index >= 15 is 0 Å². The van der Waals surface area contributed by atoms with E-state index in [2.05, 4.69) is 20.7 Å². The van der Waals surface area contributed by atoms with Crippen molar-refractivity contribution in [2.24, 2.45) is 0 Å². The zero-order chi connectivity index (χ0) is 13.7. The van der Waals surface area contributed by atoms with E-state index < -0.39 is 30.1 Å². The van der Waals surface area contributed by atoms with Crippen LogP contribution in [0, 0.1) is 0 Å². The highest BCUT2D eigenvalue weighted by molar-refractivity contribution is 9.09. The lowest BCUT2D eigenvalue weighted by atomic mass is 10.0. The number of benzene rings is 1. The molecule has 0 aliphatic rings. The zero-order valence-corrected chi connectivity index (χ0v) is 10.6. The highest BCUT2D eigenvalue weighted by Gasteiger charge is 2.23. The standard InChI is InChI=1S/C11H9BrF4O2/c12-5-4-8(17)6-2-1-3-7(10(13)14)9(6)18-11(15)16/h1-3,10-11H,4-5H2. The lowest BCUT2D eigenvalue weighted by Gasteiger charge is -2.13. The molecular weight excluding hydrogens is 320 g/mol. The van der Waals surface area contributed by atoms with Crippen LogP contribution in [0.25, 0.3) is 0 Å². The quantitative estimate of drug-likeness (QED) is 0.444. The molecule has 7 heteroatoms. The van der Waals surface area contributed by atoms with Gasteiger partial charge in [0.2, 0.25) is 0 Å². The summed E-state index contributed by atoms with van der Waals surface area (Å²) in [5, 5.41) is 0.304. The molecule has 0 aliphatic carbocycles. The van der Waals surface area contributed by atoms with E-state index in [-0.39, 0.29) is 12.0 Å². The number of halogens is 5. The van der Waals surface area contributed by atoms with Gasteiger partial charge in [-0.25, -0.2) is 8.78 Å². The largest absolute Gasteiger partial charge is 0.434 e. The molecule has 100 valence electrons. The first kappa shape index (κ1) is 14.9. The third-order valence-electron chi connectivity index (χ3n) is 2.11. The number of ether oxygens (including phenoxy) is 1. The molecule has 0 heterocycles. The molecule has 0 atom stereocenters. The number of Topliss-reactive ketones (excluding diaryl/α,β-unsaturated/α-hetero) is 1. The van der Waals surface area contributed by atoms with Crippen molar-refractivity contribution in [1.29, 1.82) is 0 Å². The Morgan fingerprint density at radius 3 is 2.44 bits per heavy atom. The molecule has 0 amide bonds. The molecule has 1 aromatic rings. The van der Waals surface area contributed by atoms with Crippen LogP contribution in [-0.2, 0) is 0 Å². The van der Waals surface area contributed by atoms with Gasteiger partial charge in [0, 0.05) is 11.8 Å². The molecule has 1 aromatic carbocycles. The number of carbonyl (C=O) groups excluding carboxylic acids is 1. The Morgan fingerprint density at radius 1 is 1.28 bits per heavy atom. The predicted molar refractivity (Wildman–Crippen MR) is 60.8 cm³/mol. The van der Waals surface area contributed by atoms with Gasteiger partial charge in [0.1, 0.15) is 5.75 Å². The van der Waals surface area contributed by atoms with Crippen LogP contribution in [0.15, 0.2) is 18.2 Å². The SMILES string of the molecule is O=C(CCBr)c1cccc(C(F)F)c1OC(F)F. The smallest absolute Gasteiger partial charge is 0.387 e. The normalized spacial score (nSPS) is 11.1. The van der Waals surface area contributed by atoms with E-state index in [4.69, 9.17) is 0 Å². The highest BCUT2D eigenvalue weighted by Crippen LogP contribution is 2.34. The Hall–Kier alpha value is -1.11. The van der Waals surface area contributed by atoms with E-state index in [9.17, 15) is 22.4 Å². The Balaban J connectivity index is 3.23. The molecule has 0 unspecified atom stereocenters. The maximum atomic E-state index is 12.7. The minimum absolute atomic E-state index is 0.00624. The number of hydrogen-bond donors (Lipinski definition) is 0.